The minimum atomic E-state index is -3.16. The number of hydrogen-bond acceptors (Lipinski definition) is 4. The molecule has 2 saturated heterocycles. The molecule has 2 N–H and O–H groups in total. The molecule has 1 unspecified atom stereocenters. The fourth-order valence-electron chi connectivity index (χ4n) is 4.11. The van der Waals surface area contributed by atoms with Crippen LogP contribution < -0.4 is 15.5 Å². The number of anilines is 1. The molecule has 2 aliphatic rings. The molecule has 0 saturated carbocycles. The molecule has 8 heteroatoms. The average Bonchev–Trinajstić information content (AvgIpc) is 3.36. The molecule has 7 nitrogen and oxygen atoms in total. The van der Waals surface area contributed by atoms with Crippen molar-refractivity contribution in [1.29, 1.82) is 0 Å². The second-order valence-corrected chi connectivity index (χ2v) is 9.71. The van der Waals surface area contributed by atoms with E-state index in [9.17, 15) is 8.42 Å². The highest BCUT2D eigenvalue weighted by atomic mass is 32.2. The van der Waals surface area contributed by atoms with Crippen LogP contribution in [0.5, 0.6) is 0 Å². The first-order chi connectivity index (χ1) is 13.4. The molecule has 28 heavy (non-hydrogen) atoms. The number of guanidine groups is 1. The van der Waals surface area contributed by atoms with E-state index in [2.05, 4.69) is 51.7 Å². The topological polar surface area (TPSA) is 77.0 Å². The number of rotatable bonds is 6. The zero-order valence-corrected chi connectivity index (χ0v) is 18.0. The minimum Gasteiger partial charge on any atom is -0.372 e. The Morgan fingerprint density at radius 1 is 1.25 bits per heavy atom. The summed E-state index contributed by atoms with van der Waals surface area (Å²) < 4.78 is 25.4. The van der Waals surface area contributed by atoms with Crippen LogP contribution in [-0.2, 0) is 10.0 Å². The number of benzene rings is 1. The summed E-state index contributed by atoms with van der Waals surface area (Å²) in [4.78, 5) is 6.75. The molecule has 2 heterocycles. The van der Waals surface area contributed by atoms with Gasteiger partial charge in [0.1, 0.15) is 0 Å². The Bertz CT molecular complexity index is 790. The van der Waals surface area contributed by atoms with Gasteiger partial charge in [-0.05, 0) is 50.3 Å². The minimum absolute atomic E-state index is 0.0117. The van der Waals surface area contributed by atoms with Gasteiger partial charge in [-0.15, -0.1) is 0 Å². The number of hydrogen-bond donors (Lipinski definition) is 2. The lowest BCUT2D eigenvalue weighted by Crippen LogP contribution is -2.46. The van der Waals surface area contributed by atoms with Gasteiger partial charge in [0.25, 0.3) is 0 Å². The molecule has 2 atom stereocenters. The summed E-state index contributed by atoms with van der Waals surface area (Å²) in [5, 5.41) is 6.74. The predicted octanol–water partition coefficient (Wildman–Crippen LogP) is 1.94. The second kappa shape index (κ2) is 9.13. The van der Waals surface area contributed by atoms with Crippen molar-refractivity contribution >= 4 is 21.7 Å². The Balaban J connectivity index is 1.58. The largest absolute Gasteiger partial charge is 0.372 e. The van der Waals surface area contributed by atoms with Gasteiger partial charge in [0.15, 0.2) is 5.96 Å². The van der Waals surface area contributed by atoms with Crippen molar-refractivity contribution in [2.24, 2.45) is 4.99 Å². The van der Waals surface area contributed by atoms with E-state index in [-0.39, 0.29) is 12.1 Å². The number of nitrogens with zero attached hydrogens (tertiary/aromatic N) is 3. The van der Waals surface area contributed by atoms with Gasteiger partial charge in [-0.25, -0.2) is 8.42 Å². The van der Waals surface area contributed by atoms with Gasteiger partial charge in [0, 0.05) is 45.0 Å². The summed E-state index contributed by atoms with van der Waals surface area (Å²) in [6.45, 7) is 5.55. The van der Waals surface area contributed by atoms with Gasteiger partial charge in [-0.2, -0.15) is 4.31 Å². The van der Waals surface area contributed by atoms with Gasteiger partial charge >= 0.3 is 0 Å². The van der Waals surface area contributed by atoms with Crippen LogP contribution in [-0.4, -0.2) is 64.2 Å². The molecule has 0 aliphatic carbocycles. The van der Waals surface area contributed by atoms with Crippen LogP contribution in [0.3, 0.4) is 0 Å². The van der Waals surface area contributed by atoms with Crippen LogP contribution in [0, 0.1) is 0 Å². The first-order valence-electron chi connectivity index (χ1n) is 10.2. The zero-order chi connectivity index (χ0) is 20.1. The number of nitrogens with one attached hydrogen (secondary N) is 2. The lowest BCUT2D eigenvalue weighted by molar-refractivity contribution is 0.387. The normalized spacial score (nSPS) is 22.5. The van der Waals surface area contributed by atoms with Crippen molar-refractivity contribution in [3.05, 3.63) is 29.8 Å². The molecule has 156 valence electrons. The summed E-state index contributed by atoms with van der Waals surface area (Å²) >= 11 is 0. The maximum absolute atomic E-state index is 11.9. The van der Waals surface area contributed by atoms with Crippen LogP contribution >= 0.6 is 0 Å². The molecular weight excluding hydrogens is 374 g/mol. The molecule has 2 fully saturated rings. The third kappa shape index (κ3) is 5.17. The van der Waals surface area contributed by atoms with Crippen molar-refractivity contribution in [3.63, 3.8) is 0 Å². The summed E-state index contributed by atoms with van der Waals surface area (Å²) in [5.41, 5.74) is 2.49. The molecule has 0 radical (unpaired) electrons. The van der Waals surface area contributed by atoms with E-state index in [1.807, 2.05) is 0 Å². The van der Waals surface area contributed by atoms with Gasteiger partial charge in [-0.3, -0.25) is 4.99 Å². The Morgan fingerprint density at radius 2 is 2.00 bits per heavy atom. The molecule has 2 aliphatic heterocycles. The zero-order valence-electron chi connectivity index (χ0n) is 17.2. The van der Waals surface area contributed by atoms with E-state index in [0.29, 0.717) is 19.0 Å². The molecule has 0 spiro atoms. The highest BCUT2D eigenvalue weighted by Gasteiger charge is 2.31. The maximum Gasteiger partial charge on any atom is 0.211 e. The standard InChI is InChI=1S/C20H33N5O2S/c1-16(17-8-6-9-18(14-17)24-11-4-5-12-24)23-20(21-2)22-15-19-10-7-13-25(19)28(3,26)27/h6,8-9,14,16,19H,4-5,7,10-13,15H2,1-3H3,(H2,21,22,23)/t16?,19-/m1/s1. The molecule has 0 aromatic heterocycles. The van der Waals surface area contributed by atoms with E-state index in [4.69, 9.17) is 0 Å². The third-order valence-corrected chi connectivity index (χ3v) is 7.01. The average molecular weight is 408 g/mol. The van der Waals surface area contributed by atoms with Gasteiger partial charge in [0.2, 0.25) is 10.0 Å². The van der Waals surface area contributed by atoms with Crippen molar-refractivity contribution in [1.82, 2.24) is 14.9 Å². The van der Waals surface area contributed by atoms with Crippen molar-refractivity contribution in [2.75, 3.05) is 44.4 Å². The molecule has 3 rings (SSSR count). The lowest BCUT2D eigenvalue weighted by atomic mass is 10.1. The third-order valence-electron chi connectivity index (χ3n) is 5.67. The number of sulfonamides is 1. The Kier molecular flexibility index (Phi) is 6.82. The fraction of sp³-hybridized carbons (Fsp3) is 0.650. The van der Waals surface area contributed by atoms with Crippen LogP contribution in [0.4, 0.5) is 5.69 Å². The Morgan fingerprint density at radius 3 is 2.68 bits per heavy atom. The van der Waals surface area contributed by atoms with E-state index in [1.54, 1.807) is 11.4 Å². The summed E-state index contributed by atoms with van der Waals surface area (Å²) in [6.07, 6.45) is 5.60. The van der Waals surface area contributed by atoms with E-state index in [1.165, 1.54) is 30.3 Å². The summed E-state index contributed by atoms with van der Waals surface area (Å²) in [7, 11) is -1.42. The molecular formula is C20H33N5O2S. The van der Waals surface area contributed by atoms with E-state index >= 15 is 0 Å². The molecule has 1 aromatic rings. The first kappa shape index (κ1) is 20.9. The van der Waals surface area contributed by atoms with Crippen molar-refractivity contribution in [3.8, 4) is 0 Å². The van der Waals surface area contributed by atoms with Crippen LogP contribution in [0.2, 0.25) is 0 Å². The molecule has 0 bridgehead atoms. The van der Waals surface area contributed by atoms with Crippen LogP contribution in [0.15, 0.2) is 29.3 Å². The fourth-order valence-corrected chi connectivity index (χ4v) is 5.30. The highest BCUT2D eigenvalue weighted by molar-refractivity contribution is 7.88. The van der Waals surface area contributed by atoms with Gasteiger partial charge < -0.3 is 15.5 Å². The smallest absolute Gasteiger partial charge is 0.211 e. The molecule has 1 aromatic carbocycles. The molecule has 0 amide bonds. The SMILES string of the molecule is CN=C(NC[C@H]1CCCN1S(C)(=O)=O)NC(C)c1cccc(N2CCCC2)c1. The van der Waals surface area contributed by atoms with Crippen molar-refractivity contribution < 1.29 is 8.42 Å². The highest BCUT2D eigenvalue weighted by Crippen LogP contribution is 2.24. The lowest BCUT2D eigenvalue weighted by Gasteiger charge is -2.25. The number of aliphatic imine (C=N–C) groups is 1. The first-order valence-corrected chi connectivity index (χ1v) is 12.0. The quantitative estimate of drug-likeness (QED) is 0.557. The predicted molar refractivity (Wildman–Crippen MR) is 115 cm³/mol. The van der Waals surface area contributed by atoms with Crippen molar-refractivity contribution in [2.45, 2.75) is 44.7 Å². The summed E-state index contributed by atoms with van der Waals surface area (Å²) in [5.74, 6) is 0.694. The second-order valence-electron chi connectivity index (χ2n) is 7.78. The van der Waals surface area contributed by atoms with Crippen LogP contribution in [0.25, 0.3) is 0 Å². The summed E-state index contributed by atoms with van der Waals surface area (Å²) in [6, 6.07) is 8.76. The van der Waals surface area contributed by atoms with E-state index < -0.39 is 10.0 Å². The maximum atomic E-state index is 11.9. The van der Waals surface area contributed by atoms with Gasteiger partial charge in [0.05, 0.1) is 12.3 Å². The van der Waals surface area contributed by atoms with Crippen LogP contribution in [0.1, 0.15) is 44.2 Å². The Hall–Kier alpha value is -1.80. The van der Waals surface area contributed by atoms with Gasteiger partial charge in [-0.1, -0.05) is 12.1 Å². The monoisotopic (exact) mass is 407 g/mol. The Labute approximate surface area is 169 Å². The van der Waals surface area contributed by atoms with E-state index in [0.717, 1.165) is 25.9 Å².